The molecule has 1 aliphatic carbocycles. The number of nitrogens with zero attached hydrogens (tertiary/aromatic N) is 1. The molecule has 0 radical (unpaired) electrons. The topological polar surface area (TPSA) is 43.1 Å². The Kier molecular flexibility index (Phi) is 1.93. The Morgan fingerprint density at radius 2 is 1.94 bits per heavy atom. The van der Waals surface area contributed by atoms with Gasteiger partial charge in [0.2, 0.25) is 5.70 Å². The summed E-state index contributed by atoms with van der Waals surface area (Å²) < 4.78 is 1.81. The molecule has 1 aromatic carbocycles. The Morgan fingerprint density at radius 1 is 1.19 bits per heavy atom. The standard InChI is InChI=1S/C13H11NO2/c15-12-9-5-1-2-6-10(9)13(16)11(12)14-7-3-4-8-14/h1-2,5-7H,3-4,8H2. The van der Waals surface area contributed by atoms with Crippen molar-refractivity contribution in [1.29, 1.82) is 0 Å². The molecule has 1 aromatic rings. The van der Waals surface area contributed by atoms with Gasteiger partial charge < -0.3 is 5.11 Å². The average molecular weight is 213 g/mol. The van der Waals surface area contributed by atoms with Crippen LogP contribution < -0.4 is 5.11 Å². The van der Waals surface area contributed by atoms with Gasteiger partial charge in [-0.1, -0.05) is 24.3 Å². The van der Waals surface area contributed by atoms with Crippen molar-refractivity contribution in [2.24, 2.45) is 0 Å². The average Bonchev–Trinajstić information content (AvgIpc) is 2.89. The fraction of sp³-hybridized carbons (Fsp3) is 0.231. The molecule has 0 fully saturated rings. The van der Waals surface area contributed by atoms with E-state index < -0.39 is 0 Å². The molecule has 1 heterocycles. The van der Waals surface area contributed by atoms with Gasteiger partial charge in [-0.05, 0) is 11.3 Å². The van der Waals surface area contributed by atoms with Gasteiger partial charge in [-0.25, -0.2) is 0 Å². The fourth-order valence-electron chi connectivity index (χ4n) is 2.30. The zero-order valence-electron chi connectivity index (χ0n) is 8.77. The summed E-state index contributed by atoms with van der Waals surface area (Å²) in [6.07, 6.45) is 3.90. The quantitative estimate of drug-likeness (QED) is 0.647. The van der Waals surface area contributed by atoms with E-state index in [0.717, 1.165) is 19.4 Å². The van der Waals surface area contributed by atoms with Crippen molar-refractivity contribution in [2.75, 3.05) is 6.54 Å². The maximum Gasteiger partial charge on any atom is 0.256 e. The molecule has 2 aliphatic rings. The lowest BCUT2D eigenvalue weighted by molar-refractivity contribution is -0.461. The Morgan fingerprint density at radius 3 is 2.56 bits per heavy atom. The molecule has 0 saturated heterocycles. The normalized spacial score (nSPS) is 19.0. The predicted molar refractivity (Wildman–Crippen MR) is 58.1 cm³/mol. The van der Waals surface area contributed by atoms with Crippen molar-refractivity contribution in [1.82, 2.24) is 0 Å². The van der Waals surface area contributed by atoms with Gasteiger partial charge in [0, 0.05) is 18.4 Å². The van der Waals surface area contributed by atoms with Crippen LogP contribution >= 0.6 is 0 Å². The van der Waals surface area contributed by atoms with Crippen molar-refractivity contribution in [3.05, 3.63) is 41.1 Å². The van der Waals surface area contributed by atoms with E-state index in [1.807, 2.05) is 10.8 Å². The van der Waals surface area contributed by atoms with Crippen LogP contribution in [0.1, 0.15) is 28.8 Å². The van der Waals surface area contributed by atoms with E-state index in [-0.39, 0.29) is 11.5 Å². The molecule has 0 amide bonds. The third-order valence-electron chi connectivity index (χ3n) is 3.09. The molecule has 3 heteroatoms. The van der Waals surface area contributed by atoms with E-state index in [2.05, 4.69) is 0 Å². The molecule has 80 valence electrons. The van der Waals surface area contributed by atoms with Crippen molar-refractivity contribution in [2.45, 2.75) is 12.8 Å². The van der Waals surface area contributed by atoms with Gasteiger partial charge in [0.15, 0.2) is 0 Å². The van der Waals surface area contributed by atoms with Crippen LogP contribution in [0.25, 0.3) is 5.76 Å². The van der Waals surface area contributed by atoms with E-state index in [9.17, 15) is 9.90 Å². The molecule has 3 nitrogen and oxygen atoms in total. The lowest BCUT2D eigenvalue weighted by atomic mass is 10.1. The van der Waals surface area contributed by atoms with Crippen LogP contribution in [0.3, 0.4) is 0 Å². The largest absolute Gasteiger partial charge is 0.867 e. The summed E-state index contributed by atoms with van der Waals surface area (Å²) in [7, 11) is 0. The Labute approximate surface area is 93.3 Å². The number of fused-ring (bicyclic) bond motifs is 1. The number of hydrogen-bond donors (Lipinski definition) is 0. The Balaban J connectivity index is 2.16. The minimum Gasteiger partial charge on any atom is -0.867 e. The third kappa shape index (κ3) is 1.14. The van der Waals surface area contributed by atoms with Crippen molar-refractivity contribution in [3.8, 4) is 0 Å². The summed E-state index contributed by atoms with van der Waals surface area (Å²) in [6.45, 7) is 0.779. The first-order chi connectivity index (χ1) is 7.79. The maximum absolute atomic E-state index is 12.1. The lowest BCUT2D eigenvalue weighted by Gasteiger charge is -2.07. The minimum atomic E-state index is -0.126. The predicted octanol–water partition coefficient (Wildman–Crippen LogP) is 0.789. The van der Waals surface area contributed by atoms with Gasteiger partial charge >= 0.3 is 0 Å². The van der Waals surface area contributed by atoms with Gasteiger partial charge in [0.05, 0.1) is 0 Å². The summed E-state index contributed by atoms with van der Waals surface area (Å²) in [4.78, 5) is 12.1. The smallest absolute Gasteiger partial charge is 0.256 e. The monoisotopic (exact) mass is 213 g/mol. The zero-order chi connectivity index (χ0) is 11.1. The van der Waals surface area contributed by atoms with Crippen LogP contribution in [-0.4, -0.2) is 23.1 Å². The minimum absolute atomic E-state index is 0.126. The number of carbonyl (C=O) groups excluding carboxylic acids is 1. The molecular formula is C13H11NO2. The summed E-state index contributed by atoms with van der Waals surface area (Å²) in [5, 5.41) is 12.1. The van der Waals surface area contributed by atoms with Crippen LogP contribution in [0.4, 0.5) is 0 Å². The second-order valence-corrected chi connectivity index (χ2v) is 4.07. The highest BCUT2D eigenvalue weighted by atomic mass is 16.3. The molecule has 16 heavy (non-hydrogen) atoms. The molecule has 3 rings (SSSR count). The highest BCUT2D eigenvalue weighted by Crippen LogP contribution is 2.30. The number of benzene rings is 1. The van der Waals surface area contributed by atoms with E-state index >= 15 is 0 Å². The van der Waals surface area contributed by atoms with Crippen LogP contribution in [-0.2, 0) is 0 Å². The summed E-state index contributed by atoms with van der Waals surface area (Å²) >= 11 is 0. The molecule has 0 bridgehead atoms. The summed E-state index contributed by atoms with van der Waals surface area (Å²) in [5.74, 6) is -0.252. The van der Waals surface area contributed by atoms with E-state index in [4.69, 9.17) is 0 Å². The number of ketones is 1. The third-order valence-corrected chi connectivity index (χ3v) is 3.09. The van der Waals surface area contributed by atoms with Crippen LogP contribution in [0.5, 0.6) is 0 Å². The molecule has 0 saturated carbocycles. The van der Waals surface area contributed by atoms with Crippen LogP contribution in [0.15, 0.2) is 30.0 Å². The fourth-order valence-corrected chi connectivity index (χ4v) is 2.30. The van der Waals surface area contributed by atoms with Crippen LogP contribution in [0, 0.1) is 0 Å². The highest BCUT2D eigenvalue weighted by molar-refractivity contribution is 6.17. The zero-order valence-corrected chi connectivity index (χ0v) is 8.77. The van der Waals surface area contributed by atoms with Crippen molar-refractivity contribution < 1.29 is 14.5 Å². The van der Waals surface area contributed by atoms with Gasteiger partial charge in [-0.3, -0.25) is 4.79 Å². The molecule has 0 atom stereocenters. The second kappa shape index (κ2) is 3.30. The maximum atomic E-state index is 12.1. The first kappa shape index (κ1) is 9.33. The SMILES string of the molecule is O=C1C([N+]2=CCCC2)=C([O-])c2ccccc21. The van der Waals surface area contributed by atoms with E-state index in [1.165, 1.54) is 0 Å². The number of hydrogen-bond acceptors (Lipinski definition) is 2. The number of Topliss-reactive ketones (excluding diaryl/α,β-unsaturated/α-hetero) is 1. The molecule has 0 N–H and O–H groups in total. The molecule has 1 aliphatic heterocycles. The lowest BCUT2D eigenvalue weighted by Crippen LogP contribution is -2.17. The molecular weight excluding hydrogens is 202 g/mol. The first-order valence-electron chi connectivity index (χ1n) is 5.44. The molecule has 0 spiro atoms. The number of rotatable bonds is 1. The van der Waals surface area contributed by atoms with Gasteiger partial charge in [0.1, 0.15) is 12.8 Å². The highest BCUT2D eigenvalue weighted by Gasteiger charge is 2.33. The number of allylic oxidation sites excluding steroid dienone is 1. The van der Waals surface area contributed by atoms with Crippen molar-refractivity contribution >= 4 is 17.8 Å². The molecule has 0 aromatic heterocycles. The Hall–Kier alpha value is -1.90. The van der Waals surface area contributed by atoms with Gasteiger partial charge in [-0.15, -0.1) is 0 Å². The molecule has 0 unspecified atom stereocenters. The van der Waals surface area contributed by atoms with Gasteiger partial charge in [0.25, 0.3) is 5.78 Å². The Bertz CT molecular complexity index is 541. The van der Waals surface area contributed by atoms with Crippen LogP contribution in [0.2, 0.25) is 0 Å². The summed E-state index contributed by atoms with van der Waals surface area (Å²) in [5.41, 5.74) is 1.42. The van der Waals surface area contributed by atoms with Crippen molar-refractivity contribution in [3.63, 3.8) is 0 Å². The number of carbonyl (C=O) groups is 1. The second-order valence-electron chi connectivity index (χ2n) is 4.07. The first-order valence-corrected chi connectivity index (χ1v) is 5.44. The van der Waals surface area contributed by atoms with Gasteiger partial charge in [-0.2, -0.15) is 4.58 Å². The summed E-state index contributed by atoms with van der Waals surface area (Å²) in [6, 6.07) is 7.03. The van der Waals surface area contributed by atoms with E-state index in [1.54, 1.807) is 24.3 Å². The van der Waals surface area contributed by atoms with E-state index in [0.29, 0.717) is 16.8 Å².